The fourth-order valence-electron chi connectivity index (χ4n) is 2.94. The fourth-order valence-corrected chi connectivity index (χ4v) is 2.94. The molecule has 1 saturated carbocycles. The molecule has 0 spiro atoms. The van der Waals surface area contributed by atoms with Crippen LogP contribution in [-0.4, -0.2) is 30.6 Å². The van der Waals surface area contributed by atoms with Crippen LogP contribution in [0, 0.1) is 0 Å². The Morgan fingerprint density at radius 3 is 2.90 bits per heavy atom. The van der Waals surface area contributed by atoms with E-state index in [1.54, 1.807) is 0 Å². The molecular formula is C15H24N6. The highest BCUT2D eigenvalue weighted by molar-refractivity contribution is 4.98. The van der Waals surface area contributed by atoms with Crippen LogP contribution >= 0.6 is 0 Å². The molecule has 6 nitrogen and oxygen atoms in total. The molecule has 0 amide bonds. The van der Waals surface area contributed by atoms with Crippen LogP contribution in [0.15, 0.2) is 18.7 Å². The topological polar surface area (TPSA) is 60.6 Å². The second kappa shape index (κ2) is 6.85. The van der Waals surface area contributed by atoms with Gasteiger partial charge in [0.2, 0.25) is 0 Å². The quantitative estimate of drug-likeness (QED) is 0.878. The molecule has 0 aliphatic heterocycles. The van der Waals surface area contributed by atoms with E-state index in [4.69, 9.17) is 0 Å². The maximum atomic E-state index is 4.25. The molecule has 1 fully saturated rings. The normalized spacial score (nSPS) is 16.4. The lowest BCUT2D eigenvalue weighted by molar-refractivity contribution is 0.371. The molecule has 1 aliphatic carbocycles. The van der Waals surface area contributed by atoms with Crippen LogP contribution in [0.25, 0.3) is 0 Å². The summed E-state index contributed by atoms with van der Waals surface area (Å²) >= 11 is 0. The van der Waals surface area contributed by atoms with Crippen molar-refractivity contribution < 1.29 is 0 Å². The molecule has 2 aromatic heterocycles. The van der Waals surface area contributed by atoms with E-state index < -0.39 is 0 Å². The molecule has 2 aromatic rings. The predicted molar refractivity (Wildman–Crippen MR) is 80.6 cm³/mol. The first-order chi connectivity index (χ1) is 10.3. The molecule has 3 rings (SSSR count). The van der Waals surface area contributed by atoms with Gasteiger partial charge in [-0.2, -0.15) is 0 Å². The monoisotopic (exact) mass is 288 g/mol. The van der Waals surface area contributed by atoms with Gasteiger partial charge < -0.3 is 9.88 Å². The first-order valence-corrected chi connectivity index (χ1v) is 7.89. The summed E-state index contributed by atoms with van der Waals surface area (Å²) in [5, 5.41) is 12.1. The maximum absolute atomic E-state index is 4.25. The van der Waals surface area contributed by atoms with Crippen molar-refractivity contribution in [3.05, 3.63) is 30.1 Å². The summed E-state index contributed by atoms with van der Waals surface area (Å²) in [4.78, 5) is 4.13. The Morgan fingerprint density at radius 1 is 1.29 bits per heavy atom. The van der Waals surface area contributed by atoms with Crippen molar-refractivity contribution in [3.8, 4) is 0 Å². The molecule has 1 N–H and O–H groups in total. The van der Waals surface area contributed by atoms with Gasteiger partial charge in [0.1, 0.15) is 0 Å². The van der Waals surface area contributed by atoms with Crippen molar-refractivity contribution in [3.63, 3.8) is 0 Å². The molecule has 6 heteroatoms. The summed E-state index contributed by atoms with van der Waals surface area (Å²) in [5.41, 5.74) is 2.25. The highest BCUT2D eigenvalue weighted by Gasteiger charge is 2.13. The lowest BCUT2D eigenvalue weighted by Crippen LogP contribution is -2.30. The number of imidazole rings is 1. The maximum Gasteiger partial charge on any atom is 0.0964 e. The molecule has 2 heterocycles. The minimum Gasteiger partial charge on any atom is -0.338 e. The van der Waals surface area contributed by atoms with E-state index in [0.717, 1.165) is 25.2 Å². The van der Waals surface area contributed by atoms with Crippen molar-refractivity contribution in [2.75, 3.05) is 0 Å². The number of aryl methyl sites for hydroxylation is 3. The van der Waals surface area contributed by atoms with Crippen molar-refractivity contribution in [2.24, 2.45) is 7.05 Å². The summed E-state index contributed by atoms with van der Waals surface area (Å²) in [6.45, 7) is 1.67. The molecule has 0 atom stereocenters. The Hall–Kier alpha value is -1.69. The average molecular weight is 288 g/mol. The Bertz CT molecular complexity index is 552. The molecule has 0 bridgehead atoms. The summed E-state index contributed by atoms with van der Waals surface area (Å²) in [7, 11) is 2.02. The van der Waals surface area contributed by atoms with E-state index in [1.807, 2.05) is 35.0 Å². The van der Waals surface area contributed by atoms with Crippen LogP contribution in [0.1, 0.15) is 43.5 Å². The van der Waals surface area contributed by atoms with E-state index in [1.165, 1.54) is 37.8 Å². The number of hydrogen-bond acceptors (Lipinski definition) is 4. The van der Waals surface area contributed by atoms with Crippen LogP contribution in [0.4, 0.5) is 0 Å². The van der Waals surface area contributed by atoms with Gasteiger partial charge in [-0.3, -0.25) is 4.68 Å². The Labute approximate surface area is 125 Å². The molecule has 0 unspecified atom stereocenters. The highest BCUT2D eigenvalue weighted by Crippen LogP contribution is 2.17. The average Bonchev–Trinajstić information content (AvgIpc) is 3.13. The minimum atomic E-state index is 0.665. The van der Waals surface area contributed by atoms with Gasteiger partial charge in [-0.25, -0.2) is 4.98 Å². The Morgan fingerprint density at radius 2 is 2.14 bits per heavy atom. The molecule has 1 aliphatic rings. The second-order valence-corrected chi connectivity index (χ2v) is 5.93. The molecule has 114 valence electrons. The third-order valence-corrected chi connectivity index (χ3v) is 4.28. The standard InChI is InChI=1S/C15H24N6/c1-20-12-16-10-15(20)7-8-21-11-14(18-19-21)9-17-13-5-3-2-4-6-13/h10-13,17H,2-9H2,1H3. The van der Waals surface area contributed by atoms with Crippen LogP contribution in [0.5, 0.6) is 0 Å². The third-order valence-electron chi connectivity index (χ3n) is 4.28. The SMILES string of the molecule is Cn1cncc1CCn1cc(CNC2CCCCC2)nn1. The van der Waals surface area contributed by atoms with Crippen molar-refractivity contribution in [1.82, 2.24) is 29.9 Å². The minimum absolute atomic E-state index is 0.665. The van der Waals surface area contributed by atoms with Gasteiger partial charge >= 0.3 is 0 Å². The first-order valence-electron chi connectivity index (χ1n) is 7.89. The van der Waals surface area contributed by atoms with Gasteiger partial charge in [0.05, 0.1) is 12.0 Å². The van der Waals surface area contributed by atoms with Gasteiger partial charge in [-0.15, -0.1) is 5.10 Å². The summed E-state index contributed by atoms with van der Waals surface area (Å²) in [5.74, 6) is 0. The smallest absolute Gasteiger partial charge is 0.0964 e. The van der Waals surface area contributed by atoms with Crippen molar-refractivity contribution in [2.45, 2.75) is 57.7 Å². The van der Waals surface area contributed by atoms with Gasteiger partial charge in [-0.1, -0.05) is 24.5 Å². The van der Waals surface area contributed by atoms with Crippen LogP contribution < -0.4 is 5.32 Å². The lowest BCUT2D eigenvalue weighted by atomic mass is 9.95. The summed E-state index contributed by atoms with van der Waals surface area (Å²) in [6.07, 6.45) is 13.4. The van der Waals surface area contributed by atoms with E-state index in [-0.39, 0.29) is 0 Å². The first kappa shape index (κ1) is 14.3. The zero-order valence-corrected chi connectivity index (χ0v) is 12.7. The zero-order chi connectivity index (χ0) is 14.5. The molecule has 0 radical (unpaired) electrons. The van der Waals surface area contributed by atoms with E-state index in [0.29, 0.717) is 6.04 Å². The van der Waals surface area contributed by atoms with Crippen LogP contribution in [0.3, 0.4) is 0 Å². The largest absolute Gasteiger partial charge is 0.338 e. The molecule has 0 saturated heterocycles. The van der Waals surface area contributed by atoms with Crippen LogP contribution in [0.2, 0.25) is 0 Å². The fraction of sp³-hybridized carbons (Fsp3) is 0.667. The molecule has 21 heavy (non-hydrogen) atoms. The number of hydrogen-bond donors (Lipinski definition) is 1. The lowest BCUT2D eigenvalue weighted by Gasteiger charge is -2.22. The van der Waals surface area contributed by atoms with Crippen LogP contribution in [-0.2, 0) is 26.6 Å². The van der Waals surface area contributed by atoms with E-state index >= 15 is 0 Å². The van der Waals surface area contributed by atoms with Gasteiger partial charge in [-0.05, 0) is 12.8 Å². The summed E-state index contributed by atoms with van der Waals surface area (Å²) in [6, 6.07) is 0.665. The van der Waals surface area contributed by atoms with Gasteiger partial charge in [0, 0.05) is 50.7 Å². The number of rotatable bonds is 6. The second-order valence-electron chi connectivity index (χ2n) is 5.93. The predicted octanol–water partition coefficient (Wildman–Crippen LogP) is 1.68. The number of nitrogens with zero attached hydrogens (tertiary/aromatic N) is 5. The summed E-state index contributed by atoms with van der Waals surface area (Å²) < 4.78 is 3.97. The number of nitrogens with one attached hydrogen (secondary N) is 1. The van der Waals surface area contributed by atoms with Crippen molar-refractivity contribution >= 4 is 0 Å². The zero-order valence-electron chi connectivity index (χ0n) is 12.7. The Balaban J connectivity index is 1.46. The Kier molecular flexibility index (Phi) is 4.65. The van der Waals surface area contributed by atoms with E-state index in [9.17, 15) is 0 Å². The van der Waals surface area contributed by atoms with Gasteiger partial charge in [0.25, 0.3) is 0 Å². The van der Waals surface area contributed by atoms with Gasteiger partial charge in [0.15, 0.2) is 0 Å². The van der Waals surface area contributed by atoms with E-state index in [2.05, 4.69) is 20.6 Å². The number of aromatic nitrogens is 5. The molecule has 0 aromatic carbocycles. The van der Waals surface area contributed by atoms with Crippen molar-refractivity contribution in [1.29, 1.82) is 0 Å². The molecular weight excluding hydrogens is 264 g/mol. The highest BCUT2D eigenvalue weighted by atomic mass is 15.4. The third kappa shape index (κ3) is 3.91.